The van der Waals surface area contributed by atoms with Gasteiger partial charge in [-0.3, -0.25) is 4.98 Å². The number of benzene rings is 7. The van der Waals surface area contributed by atoms with Crippen LogP contribution in [0.5, 0.6) is 0 Å². The van der Waals surface area contributed by atoms with Gasteiger partial charge in [0, 0.05) is 120 Å². The van der Waals surface area contributed by atoms with Crippen molar-refractivity contribution in [1.29, 1.82) is 0 Å². The number of aryl methyl sites for hydroxylation is 20. The van der Waals surface area contributed by atoms with Crippen LogP contribution in [-0.2, 0) is 55.1 Å². The minimum Gasteiger partial charge on any atom is -0.256 e. The summed E-state index contributed by atoms with van der Waals surface area (Å²) in [4.78, 5) is 4.70. The van der Waals surface area contributed by atoms with Gasteiger partial charge in [-0.2, -0.15) is 0 Å². The van der Waals surface area contributed by atoms with Crippen LogP contribution in [0.2, 0.25) is 0 Å². The zero-order valence-corrected chi connectivity index (χ0v) is 80.2. The molecule has 7 aromatic heterocycles. The molecule has 3 saturated carbocycles. The van der Waals surface area contributed by atoms with Gasteiger partial charge in [-0.05, 0) is 333 Å². The van der Waals surface area contributed by atoms with Gasteiger partial charge in [0.2, 0.25) is 34.2 Å². The van der Waals surface area contributed by atoms with E-state index in [-0.39, 0.29) is 5.41 Å². The van der Waals surface area contributed by atoms with Crippen LogP contribution < -0.4 is 27.4 Å². The highest BCUT2D eigenvalue weighted by molar-refractivity contribution is 5.73. The van der Waals surface area contributed by atoms with E-state index >= 15 is 0 Å². The van der Waals surface area contributed by atoms with E-state index < -0.39 is 23.6 Å². The molecule has 7 nitrogen and oxygen atoms in total. The lowest BCUT2D eigenvalue weighted by Crippen LogP contribution is -2.33. The summed E-state index contributed by atoms with van der Waals surface area (Å²) in [5.74, 6) is -0.263. The fraction of sp³-hybridized carbons (Fsp3) is 0.353. The van der Waals surface area contributed by atoms with Gasteiger partial charge < -0.3 is 0 Å². The molecule has 0 N–H and O–H groups in total. The predicted molar refractivity (Wildman–Crippen MR) is 525 cm³/mol. The second-order valence-corrected chi connectivity index (χ2v) is 37.8. The summed E-state index contributed by atoms with van der Waals surface area (Å²) in [6.45, 7) is 38.9. The highest BCUT2D eigenvalue weighted by atomic mass is 15.0. The zero-order valence-electron chi connectivity index (χ0n) is 84.2. The molecule has 7 heteroatoms. The molecule has 6 aliphatic rings. The Balaban J connectivity index is 0.000000123. The van der Waals surface area contributed by atoms with Crippen LogP contribution in [-0.4, -0.2) is 4.98 Å². The Morgan fingerprint density at radius 2 is 0.762 bits per heavy atom. The maximum Gasteiger partial charge on any atom is 0.216 e. The monoisotopic (exact) mass is 1670 g/mol. The molecule has 14 aromatic rings. The molecule has 126 heavy (non-hydrogen) atoms. The zero-order chi connectivity index (χ0) is 93.4. The molecule has 646 valence electrons. The number of pyridine rings is 7. The number of fused-ring (bicyclic) bond motifs is 15. The minimum atomic E-state index is -0.680. The van der Waals surface area contributed by atoms with Gasteiger partial charge in [0.1, 0.15) is 42.3 Å². The first-order valence-corrected chi connectivity index (χ1v) is 46.3. The highest BCUT2D eigenvalue weighted by Crippen LogP contribution is 2.66. The van der Waals surface area contributed by atoms with Crippen LogP contribution in [0.1, 0.15) is 257 Å². The fourth-order valence-electron chi connectivity index (χ4n) is 20.8. The van der Waals surface area contributed by atoms with Crippen LogP contribution >= 0.6 is 0 Å². The van der Waals surface area contributed by atoms with Crippen LogP contribution in [0.4, 0.5) is 0 Å². The van der Waals surface area contributed by atoms with E-state index in [4.69, 9.17) is 9.10 Å². The first-order chi connectivity index (χ1) is 61.8. The quantitative estimate of drug-likeness (QED) is 0.126. The number of rotatable bonds is 10. The smallest absolute Gasteiger partial charge is 0.216 e. The third-order valence-electron chi connectivity index (χ3n) is 27.7. The third kappa shape index (κ3) is 19.4. The molecule has 3 fully saturated rings. The second kappa shape index (κ2) is 39.2. The average Bonchev–Trinajstić information content (AvgIpc) is 1.50. The molecular formula is C119H141N7+6. The van der Waals surface area contributed by atoms with E-state index in [9.17, 15) is 1.37 Å². The summed E-state index contributed by atoms with van der Waals surface area (Å²) in [5, 5.41) is 0. The van der Waals surface area contributed by atoms with Crippen LogP contribution in [0.25, 0.3) is 78.8 Å². The largest absolute Gasteiger partial charge is 0.256 e. The highest BCUT2D eigenvalue weighted by Gasteiger charge is 2.54. The van der Waals surface area contributed by atoms with E-state index in [1.807, 2.05) is 13.2 Å². The lowest BCUT2D eigenvalue weighted by Gasteiger charge is -2.24. The number of nitrogens with zero attached hydrogens (tertiary/aromatic N) is 7. The first kappa shape index (κ1) is 85.4. The van der Waals surface area contributed by atoms with Gasteiger partial charge in [-0.25, -0.2) is 27.4 Å². The third-order valence-corrected chi connectivity index (χ3v) is 27.7. The van der Waals surface area contributed by atoms with Gasteiger partial charge >= 0.3 is 0 Å². The maximum absolute atomic E-state index is 9.30. The summed E-state index contributed by atoms with van der Waals surface area (Å²) in [6, 6.07) is 76.1. The van der Waals surface area contributed by atoms with Crippen molar-refractivity contribution in [3.8, 4) is 78.8 Å². The number of aromatic nitrogens is 7. The van der Waals surface area contributed by atoms with Crippen LogP contribution in [0, 0.1) is 88.5 Å². The van der Waals surface area contributed by atoms with Crippen LogP contribution in [0.3, 0.4) is 0 Å². The van der Waals surface area contributed by atoms with Gasteiger partial charge in [-0.1, -0.05) is 162 Å². The van der Waals surface area contributed by atoms with E-state index in [0.29, 0.717) is 12.3 Å². The Morgan fingerprint density at radius 3 is 1.24 bits per heavy atom. The van der Waals surface area contributed by atoms with Gasteiger partial charge in [0.15, 0.2) is 37.2 Å². The lowest BCUT2D eigenvalue weighted by atomic mass is 9.79. The van der Waals surface area contributed by atoms with Crippen molar-refractivity contribution < 1.29 is 32.9 Å². The fourth-order valence-corrected chi connectivity index (χ4v) is 20.8. The van der Waals surface area contributed by atoms with Gasteiger partial charge in [-0.15, -0.1) is 0 Å². The van der Waals surface area contributed by atoms with Crippen molar-refractivity contribution in [2.45, 2.75) is 230 Å². The Morgan fingerprint density at radius 1 is 0.341 bits per heavy atom. The molecular weight excluding hydrogens is 1530 g/mol. The lowest BCUT2D eigenvalue weighted by molar-refractivity contribution is -0.661. The molecule has 0 radical (unpaired) electrons. The van der Waals surface area contributed by atoms with Crippen molar-refractivity contribution in [2.75, 3.05) is 0 Å². The summed E-state index contributed by atoms with van der Waals surface area (Å²) in [7, 11) is 12.5. The average molecular weight is 1670 g/mol. The minimum absolute atomic E-state index is 0.367. The Kier molecular flexibility index (Phi) is 26.6. The molecule has 6 atom stereocenters. The molecule has 7 heterocycles. The van der Waals surface area contributed by atoms with E-state index in [2.05, 4.69) is 437 Å². The Hall–Kier alpha value is -11.4. The summed E-state index contributed by atoms with van der Waals surface area (Å²) >= 11 is 0. The number of hydrogen-bond donors (Lipinski definition) is 0. The molecule has 6 bridgehead atoms. The van der Waals surface area contributed by atoms with Crippen molar-refractivity contribution in [3.63, 3.8) is 0 Å². The molecule has 6 unspecified atom stereocenters. The first-order valence-electron chi connectivity index (χ1n) is 48.3. The van der Waals surface area contributed by atoms with Gasteiger partial charge in [0.05, 0.1) is 5.69 Å². The van der Waals surface area contributed by atoms with Crippen molar-refractivity contribution >= 4 is 0 Å². The molecule has 20 rings (SSSR count). The summed E-state index contributed by atoms with van der Waals surface area (Å²) in [5.41, 5.74) is 44.5. The van der Waals surface area contributed by atoms with Crippen molar-refractivity contribution in [1.82, 2.24) is 4.98 Å². The van der Waals surface area contributed by atoms with E-state index in [1.165, 1.54) is 170 Å². The molecule has 0 spiro atoms. The molecule has 6 aliphatic carbocycles. The van der Waals surface area contributed by atoms with Crippen molar-refractivity contribution in [3.05, 3.63) is 373 Å². The molecule has 0 amide bonds. The normalized spacial score (nSPS) is 19.8. The van der Waals surface area contributed by atoms with Gasteiger partial charge in [0.25, 0.3) is 0 Å². The van der Waals surface area contributed by atoms with Crippen molar-refractivity contribution in [2.24, 2.45) is 47.7 Å². The van der Waals surface area contributed by atoms with E-state index in [0.717, 1.165) is 84.0 Å². The number of hydrogen-bond acceptors (Lipinski definition) is 1. The SMILES string of the molecule is CCc1ccc(-c2ccc(C)c[n+]2C)c(C)c1.CCc1ccc(-c2ccc(C)cc2C)[n+](C)c1.Cc1ccc(-c2ccc(C(C)C)cc2C)[n+](C)c1.Cc1ccc(-c2ccc(C)c[n+]2C)c(C)c1.Cc1ccccc1-c1nccc2c1C1CCC2C1.[2H]C12CCC([2H])(C1)c1c2cc[n+](C)c1-c1ccccc1C.[2H]C12CCC([2H])(c3c1cc[n+](C)c3-c1ccccc1C)C2(C)C. The summed E-state index contributed by atoms with van der Waals surface area (Å²) < 4.78 is 49.1. The second-order valence-electron chi connectivity index (χ2n) is 37.8. The molecule has 0 saturated heterocycles. The topological polar surface area (TPSA) is 36.2 Å². The Bertz CT molecular complexity index is 6420. The molecule has 0 aliphatic heterocycles. The van der Waals surface area contributed by atoms with E-state index in [1.54, 1.807) is 11.1 Å². The maximum atomic E-state index is 9.30. The predicted octanol–water partition coefficient (Wildman–Crippen LogP) is 26.5. The standard InChI is InChI=1S/C20H24N.C18H20N.C17H17N.C17H22N.2C16H20N.C15H18N/c1-13-7-5-6-8-14(13)19-18-15(11-12-21(19)4)16-9-10-17(18)20(16,2)3;1-12-5-3-4-6-15(12)18-17-14-8-7-13(11-14)16(17)9-10-19(18)2;1-11-4-2-3-5-14(11)17-16-13-7-6-12(10-13)15(16)8-9-18-17;1-12(2)15-7-8-16(14(4)10-15)17-9-6-13(3)11-18(17)5;1-5-14-7-8-15(13(3)10-14)16-9-6-12(2)11-17(16)4;1-5-14-7-9-16(17(4)11-14)15-8-6-12(2)10-13(15)3;1-11-5-7-14(13(3)9-11)15-8-6-12(2)10-16(15)4/h5-8,11-12,16-17H,9-10H2,1-4H3;3-6,9-10,13-14H,7-8,11H2,1-2H3;2-5,8-9,12-13H,6-7,10H2,1H3;6-12H,1-5H3;2*6-11H,5H2,1-4H3;5-10H,1-4H3/q2*+1;;4*+1/i16D,17D;13D,14D;;;;;. The van der Waals surface area contributed by atoms with Crippen LogP contribution in [0.15, 0.2) is 256 Å². The molecule has 7 aromatic carbocycles. The summed E-state index contributed by atoms with van der Waals surface area (Å²) in [6.07, 6.45) is 25.0. The Labute approximate surface area is 762 Å².